The zero-order valence-corrected chi connectivity index (χ0v) is 19.0. The van der Waals surface area contributed by atoms with E-state index >= 15 is 0 Å². The van der Waals surface area contributed by atoms with Crippen LogP contribution in [0.4, 0.5) is 11.4 Å². The van der Waals surface area contributed by atoms with E-state index in [1.807, 2.05) is 73.4 Å². The van der Waals surface area contributed by atoms with E-state index in [1.165, 1.54) is 4.90 Å². The summed E-state index contributed by atoms with van der Waals surface area (Å²) in [5, 5.41) is 0.571. The summed E-state index contributed by atoms with van der Waals surface area (Å²) in [5.74, 6) is -0.680. The fourth-order valence-electron chi connectivity index (χ4n) is 3.82. The van der Waals surface area contributed by atoms with Gasteiger partial charge in [-0.3, -0.25) is 9.59 Å². The highest BCUT2D eigenvalue weighted by Gasteiger charge is 2.41. The van der Waals surface area contributed by atoms with E-state index in [0.29, 0.717) is 34.1 Å². The first-order valence-electron chi connectivity index (χ1n) is 10.3. The van der Waals surface area contributed by atoms with Crippen LogP contribution in [0.2, 0.25) is 5.02 Å². The van der Waals surface area contributed by atoms with Crippen molar-refractivity contribution in [3.63, 3.8) is 0 Å². The molecule has 4 rings (SSSR count). The molecule has 0 radical (unpaired) electrons. The quantitative estimate of drug-likeness (QED) is 0.510. The number of carbonyl (C=O) groups is 2. The molecule has 2 amide bonds. The second-order valence-corrected chi connectivity index (χ2v) is 8.37. The second kappa shape index (κ2) is 8.89. The highest BCUT2D eigenvalue weighted by Crippen LogP contribution is 2.35. The highest BCUT2D eigenvalue weighted by atomic mass is 35.5. The van der Waals surface area contributed by atoms with E-state index in [-0.39, 0.29) is 11.8 Å². The van der Waals surface area contributed by atoms with Crippen LogP contribution in [0.3, 0.4) is 0 Å². The Morgan fingerprint density at radius 3 is 2.00 bits per heavy atom. The summed E-state index contributed by atoms with van der Waals surface area (Å²) in [6, 6.07) is 24.2. The lowest BCUT2D eigenvalue weighted by atomic mass is 10.0. The van der Waals surface area contributed by atoms with E-state index < -0.39 is 0 Å². The molecule has 0 fully saturated rings. The number of imide groups is 1. The Labute approximate surface area is 193 Å². The summed E-state index contributed by atoms with van der Waals surface area (Å²) in [7, 11) is 5.72. The first kappa shape index (κ1) is 21.7. The Morgan fingerprint density at radius 1 is 0.781 bits per heavy atom. The van der Waals surface area contributed by atoms with Gasteiger partial charge in [0.05, 0.1) is 11.3 Å². The summed E-state index contributed by atoms with van der Waals surface area (Å²) < 4.78 is 0. The predicted molar refractivity (Wildman–Crippen MR) is 130 cm³/mol. The molecule has 0 unspecified atom stereocenters. The minimum atomic E-state index is -0.343. The number of carbonyl (C=O) groups excluding carboxylic acids is 2. The number of rotatable bonds is 6. The minimum Gasteiger partial charge on any atom is -0.378 e. The van der Waals surface area contributed by atoms with Crippen LogP contribution in [0.15, 0.2) is 84.6 Å². The molecule has 32 heavy (non-hydrogen) atoms. The van der Waals surface area contributed by atoms with Gasteiger partial charge in [0.25, 0.3) is 11.8 Å². The molecule has 0 saturated heterocycles. The lowest BCUT2D eigenvalue weighted by molar-refractivity contribution is -0.120. The lowest BCUT2D eigenvalue weighted by Crippen LogP contribution is -2.34. The topological polar surface area (TPSA) is 43.9 Å². The molecular weight excluding hydrogens is 422 g/mol. The van der Waals surface area contributed by atoms with Gasteiger partial charge in [0.2, 0.25) is 0 Å². The van der Waals surface area contributed by atoms with Crippen molar-refractivity contribution in [3.8, 4) is 0 Å². The molecule has 6 heteroatoms. The van der Waals surface area contributed by atoms with Crippen LogP contribution in [0, 0.1) is 0 Å². The van der Waals surface area contributed by atoms with E-state index in [1.54, 1.807) is 36.4 Å². The van der Waals surface area contributed by atoms with Gasteiger partial charge in [-0.25, -0.2) is 4.90 Å². The zero-order valence-electron chi connectivity index (χ0n) is 18.2. The smallest absolute Gasteiger partial charge is 0.282 e. The third-order valence-corrected chi connectivity index (χ3v) is 5.71. The Bertz CT molecular complexity index is 1170. The SMILES string of the molecule is CN(Cc1ccccc1)C1=C(c2ccc(Cl)cc2)C(=O)N(c2ccc(N(C)C)cc2)C1=O. The van der Waals surface area contributed by atoms with Gasteiger partial charge in [0, 0.05) is 38.4 Å². The summed E-state index contributed by atoms with van der Waals surface area (Å²) in [5.41, 5.74) is 3.99. The third kappa shape index (κ3) is 4.12. The Hall–Kier alpha value is -3.57. The van der Waals surface area contributed by atoms with Crippen molar-refractivity contribution in [1.29, 1.82) is 0 Å². The van der Waals surface area contributed by atoms with Crippen LogP contribution < -0.4 is 9.80 Å². The molecule has 1 heterocycles. The molecule has 1 aliphatic rings. The van der Waals surface area contributed by atoms with Crippen LogP contribution in [-0.4, -0.2) is 37.9 Å². The van der Waals surface area contributed by atoms with Crippen molar-refractivity contribution in [2.24, 2.45) is 0 Å². The van der Waals surface area contributed by atoms with Crippen molar-refractivity contribution in [1.82, 2.24) is 4.90 Å². The lowest BCUT2D eigenvalue weighted by Gasteiger charge is -2.22. The molecule has 0 atom stereocenters. The molecule has 1 aliphatic heterocycles. The van der Waals surface area contributed by atoms with Crippen LogP contribution in [0.25, 0.3) is 5.57 Å². The fraction of sp³-hybridized carbons (Fsp3) is 0.154. The molecule has 0 saturated carbocycles. The first-order chi connectivity index (χ1) is 15.4. The number of hydrogen-bond donors (Lipinski definition) is 0. The van der Waals surface area contributed by atoms with Crippen molar-refractivity contribution < 1.29 is 9.59 Å². The molecule has 3 aromatic rings. The average molecular weight is 446 g/mol. The maximum Gasteiger partial charge on any atom is 0.282 e. The summed E-state index contributed by atoms with van der Waals surface area (Å²) in [4.78, 5) is 32.2. The Balaban J connectivity index is 1.76. The van der Waals surface area contributed by atoms with Crippen molar-refractivity contribution in [3.05, 3.63) is 101 Å². The van der Waals surface area contributed by atoms with Crippen LogP contribution in [0.1, 0.15) is 11.1 Å². The van der Waals surface area contributed by atoms with Gasteiger partial charge in [-0.15, -0.1) is 0 Å². The summed E-state index contributed by atoms with van der Waals surface area (Å²) in [6.07, 6.45) is 0. The van der Waals surface area contributed by atoms with Gasteiger partial charge in [0.1, 0.15) is 5.70 Å². The number of nitrogens with zero attached hydrogens (tertiary/aromatic N) is 3. The predicted octanol–water partition coefficient (Wildman–Crippen LogP) is 4.82. The first-order valence-corrected chi connectivity index (χ1v) is 10.7. The Morgan fingerprint density at radius 2 is 1.41 bits per heavy atom. The Kier molecular flexibility index (Phi) is 6.01. The molecule has 162 valence electrons. The number of benzene rings is 3. The molecule has 0 bridgehead atoms. The van der Waals surface area contributed by atoms with Gasteiger partial charge in [-0.2, -0.15) is 0 Å². The molecule has 0 aromatic heterocycles. The van der Waals surface area contributed by atoms with Gasteiger partial charge in [-0.1, -0.05) is 54.1 Å². The molecule has 5 nitrogen and oxygen atoms in total. The second-order valence-electron chi connectivity index (χ2n) is 7.93. The van der Waals surface area contributed by atoms with Gasteiger partial charge in [-0.05, 0) is 47.5 Å². The maximum absolute atomic E-state index is 13.6. The summed E-state index contributed by atoms with van der Waals surface area (Å²) in [6.45, 7) is 0.500. The number of amides is 2. The molecular formula is C26H24ClN3O2. The van der Waals surface area contributed by atoms with Crippen molar-refractivity contribution in [2.45, 2.75) is 6.54 Å². The number of likely N-dealkylation sites (N-methyl/N-ethyl adjacent to an activating group) is 1. The molecule has 0 spiro atoms. The standard InChI is InChI=1S/C26H24ClN3O2/c1-28(2)21-13-15-22(16-14-21)30-25(31)23(19-9-11-20(27)12-10-19)24(26(30)32)29(3)17-18-7-5-4-6-8-18/h4-16H,17H2,1-3H3. The third-order valence-electron chi connectivity index (χ3n) is 5.46. The number of halogens is 1. The van der Waals surface area contributed by atoms with E-state index in [9.17, 15) is 9.59 Å². The average Bonchev–Trinajstić information content (AvgIpc) is 3.05. The maximum atomic E-state index is 13.6. The van der Waals surface area contributed by atoms with Gasteiger partial charge in [0.15, 0.2) is 0 Å². The minimum absolute atomic E-state index is 0.337. The molecule has 0 N–H and O–H groups in total. The van der Waals surface area contributed by atoms with Crippen LogP contribution >= 0.6 is 11.6 Å². The zero-order chi connectivity index (χ0) is 22.8. The molecule has 0 aliphatic carbocycles. The number of anilines is 2. The van der Waals surface area contributed by atoms with Crippen LogP contribution in [-0.2, 0) is 16.1 Å². The van der Waals surface area contributed by atoms with Crippen molar-refractivity contribution >= 4 is 40.4 Å². The van der Waals surface area contributed by atoms with Crippen LogP contribution in [0.5, 0.6) is 0 Å². The van der Waals surface area contributed by atoms with E-state index in [4.69, 9.17) is 11.6 Å². The number of hydrogen-bond acceptors (Lipinski definition) is 4. The summed E-state index contributed by atoms with van der Waals surface area (Å²) >= 11 is 6.06. The largest absolute Gasteiger partial charge is 0.378 e. The van der Waals surface area contributed by atoms with Crippen molar-refractivity contribution in [2.75, 3.05) is 30.9 Å². The van der Waals surface area contributed by atoms with Gasteiger partial charge < -0.3 is 9.80 Å². The van der Waals surface area contributed by atoms with E-state index in [2.05, 4.69) is 0 Å². The van der Waals surface area contributed by atoms with Gasteiger partial charge >= 0.3 is 0 Å². The fourth-order valence-corrected chi connectivity index (χ4v) is 3.95. The monoisotopic (exact) mass is 445 g/mol. The molecule has 3 aromatic carbocycles. The van der Waals surface area contributed by atoms with E-state index in [0.717, 1.165) is 11.3 Å². The highest BCUT2D eigenvalue weighted by molar-refractivity contribution is 6.45. The normalized spacial score (nSPS) is 13.7.